The van der Waals surface area contributed by atoms with Crippen molar-refractivity contribution >= 4 is 11.7 Å². The van der Waals surface area contributed by atoms with Crippen molar-refractivity contribution in [1.82, 2.24) is 0 Å². The number of nitrogens with zero attached hydrogens (tertiary/aromatic N) is 1. The van der Waals surface area contributed by atoms with Crippen molar-refractivity contribution in [3.8, 4) is 5.75 Å². The maximum atomic E-state index is 12.9. The van der Waals surface area contributed by atoms with Crippen LogP contribution in [0.15, 0.2) is 42.5 Å². The van der Waals surface area contributed by atoms with Gasteiger partial charge < -0.3 is 14.7 Å². The van der Waals surface area contributed by atoms with E-state index in [4.69, 9.17) is 9.84 Å². The van der Waals surface area contributed by atoms with E-state index in [-0.39, 0.29) is 11.4 Å². The van der Waals surface area contributed by atoms with Crippen molar-refractivity contribution in [2.24, 2.45) is 0 Å². The molecule has 5 heteroatoms. The second-order valence-electron chi connectivity index (χ2n) is 4.67. The molecule has 2 aromatic rings. The van der Waals surface area contributed by atoms with Gasteiger partial charge in [0, 0.05) is 19.3 Å². The molecule has 110 valence electrons. The van der Waals surface area contributed by atoms with Gasteiger partial charge in [-0.1, -0.05) is 6.07 Å². The number of hydrogen-bond acceptors (Lipinski definition) is 3. The molecule has 0 unspecified atom stereocenters. The Morgan fingerprint density at radius 2 is 1.90 bits per heavy atom. The van der Waals surface area contributed by atoms with Gasteiger partial charge in [0.25, 0.3) is 0 Å². The Bertz CT molecular complexity index is 640. The Labute approximate surface area is 122 Å². The zero-order valence-corrected chi connectivity index (χ0v) is 11.8. The lowest BCUT2D eigenvalue weighted by molar-refractivity contribution is 0.0693. The number of ether oxygens (including phenoxy) is 1. The van der Waals surface area contributed by atoms with Gasteiger partial charge in [-0.25, -0.2) is 9.18 Å². The fraction of sp³-hybridized carbons (Fsp3) is 0.188. The first kappa shape index (κ1) is 14.8. The normalized spacial score (nSPS) is 10.2. The number of anilines is 1. The minimum atomic E-state index is -1.02. The number of carboxylic acid groups (broad SMARTS) is 1. The first-order chi connectivity index (χ1) is 10.0. The lowest BCUT2D eigenvalue weighted by atomic mass is 10.1. The van der Waals surface area contributed by atoms with E-state index in [1.807, 2.05) is 11.9 Å². The predicted octanol–water partition coefficient (Wildman–Crippen LogP) is 3.17. The fourth-order valence-electron chi connectivity index (χ4n) is 2.07. The predicted molar refractivity (Wildman–Crippen MR) is 78.5 cm³/mol. The van der Waals surface area contributed by atoms with E-state index in [0.717, 1.165) is 11.3 Å². The molecule has 0 bridgehead atoms. The van der Waals surface area contributed by atoms with Crippen LogP contribution >= 0.6 is 0 Å². The SMILES string of the molecule is COc1cc(CN(C)c2ccc(F)cc2)ccc1C(=O)O. The minimum absolute atomic E-state index is 0.130. The highest BCUT2D eigenvalue weighted by Crippen LogP contribution is 2.22. The molecule has 0 amide bonds. The number of benzene rings is 2. The van der Waals surface area contributed by atoms with Crippen LogP contribution in [0.25, 0.3) is 0 Å². The highest BCUT2D eigenvalue weighted by atomic mass is 19.1. The Morgan fingerprint density at radius 1 is 1.24 bits per heavy atom. The largest absolute Gasteiger partial charge is 0.496 e. The van der Waals surface area contributed by atoms with Crippen LogP contribution < -0.4 is 9.64 Å². The summed E-state index contributed by atoms with van der Waals surface area (Å²) >= 11 is 0. The van der Waals surface area contributed by atoms with Gasteiger partial charge in [-0.2, -0.15) is 0 Å². The van der Waals surface area contributed by atoms with Crippen LogP contribution in [0.4, 0.5) is 10.1 Å². The summed E-state index contributed by atoms with van der Waals surface area (Å²) in [5.41, 5.74) is 1.91. The molecule has 2 aromatic carbocycles. The standard InChI is InChI=1S/C16H16FNO3/c1-18(13-6-4-12(17)5-7-13)10-11-3-8-14(16(19)20)15(9-11)21-2/h3-9H,10H2,1-2H3,(H,19,20). The number of aromatic carboxylic acids is 1. The van der Waals surface area contributed by atoms with Crippen LogP contribution in [-0.4, -0.2) is 25.2 Å². The lowest BCUT2D eigenvalue weighted by Gasteiger charge is -2.20. The third-order valence-electron chi connectivity index (χ3n) is 3.18. The van der Waals surface area contributed by atoms with Crippen molar-refractivity contribution < 1.29 is 19.0 Å². The quantitative estimate of drug-likeness (QED) is 0.918. The van der Waals surface area contributed by atoms with Gasteiger partial charge in [0.05, 0.1) is 7.11 Å². The molecule has 0 heterocycles. The molecule has 4 nitrogen and oxygen atoms in total. The molecule has 1 N–H and O–H groups in total. The topological polar surface area (TPSA) is 49.8 Å². The molecule has 0 radical (unpaired) electrons. The molecule has 0 aliphatic carbocycles. The van der Waals surface area contributed by atoms with Crippen LogP contribution in [0, 0.1) is 5.82 Å². The van der Waals surface area contributed by atoms with Gasteiger partial charge in [-0.3, -0.25) is 0 Å². The zero-order valence-electron chi connectivity index (χ0n) is 11.8. The molecule has 0 spiro atoms. The summed E-state index contributed by atoms with van der Waals surface area (Å²) in [4.78, 5) is 13.0. The van der Waals surface area contributed by atoms with Crippen molar-refractivity contribution in [3.63, 3.8) is 0 Å². The van der Waals surface area contributed by atoms with Gasteiger partial charge in [-0.15, -0.1) is 0 Å². The Morgan fingerprint density at radius 3 is 2.48 bits per heavy atom. The Balaban J connectivity index is 2.19. The van der Waals surface area contributed by atoms with Gasteiger partial charge >= 0.3 is 5.97 Å². The number of methoxy groups -OCH3 is 1. The first-order valence-electron chi connectivity index (χ1n) is 6.38. The molecule has 0 saturated heterocycles. The van der Waals surface area contributed by atoms with E-state index >= 15 is 0 Å². The van der Waals surface area contributed by atoms with Crippen molar-refractivity contribution in [2.75, 3.05) is 19.1 Å². The Hall–Kier alpha value is -2.56. The molecular weight excluding hydrogens is 273 g/mol. The molecule has 0 atom stereocenters. The van der Waals surface area contributed by atoms with Crippen molar-refractivity contribution in [2.45, 2.75) is 6.54 Å². The third-order valence-corrected chi connectivity index (χ3v) is 3.18. The Kier molecular flexibility index (Phi) is 4.42. The molecule has 2 rings (SSSR count). The van der Waals surface area contributed by atoms with Crippen LogP contribution in [0.2, 0.25) is 0 Å². The van der Waals surface area contributed by atoms with E-state index < -0.39 is 5.97 Å². The number of carbonyl (C=O) groups is 1. The van der Waals surface area contributed by atoms with E-state index in [1.54, 1.807) is 24.3 Å². The van der Waals surface area contributed by atoms with Gasteiger partial charge in [-0.05, 0) is 42.0 Å². The van der Waals surface area contributed by atoms with Crippen LogP contribution in [0.3, 0.4) is 0 Å². The smallest absolute Gasteiger partial charge is 0.339 e. The number of hydrogen-bond donors (Lipinski definition) is 1. The van der Waals surface area contributed by atoms with Gasteiger partial charge in [0.15, 0.2) is 0 Å². The van der Waals surface area contributed by atoms with E-state index in [1.165, 1.54) is 25.3 Å². The molecule has 0 saturated carbocycles. The maximum Gasteiger partial charge on any atom is 0.339 e. The fourth-order valence-corrected chi connectivity index (χ4v) is 2.07. The summed E-state index contributed by atoms with van der Waals surface area (Å²) < 4.78 is 18.0. The first-order valence-corrected chi connectivity index (χ1v) is 6.38. The average Bonchev–Trinajstić information content (AvgIpc) is 2.47. The average molecular weight is 289 g/mol. The summed E-state index contributed by atoms with van der Waals surface area (Å²) in [5.74, 6) is -0.975. The molecule has 0 aliphatic heterocycles. The van der Waals surface area contributed by atoms with Crippen molar-refractivity contribution in [3.05, 3.63) is 59.4 Å². The molecule has 0 aliphatic rings. The molecule has 0 aromatic heterocycles. The van der Waals surface area contributed by atoms with Crippen LogP contribution in [-0.2, 0) is 6.54 Å². The van der Waals surface area contributed by atoms with Crippen LogP contribution in [0.1, 0.15) is 15.9 Å². The van der Waals surface area contributed by atoms with Gasteiger partial charge in [0.1, 0.15) is 17.1 Å². The number of halogens is 1. The molecular formula is C16H16FNO3. The highest BCUT2D eigenvalue weighted by Gasteiger charge is 2.12. The van der Waals surface area contributed by atoms with E-state index in [0.29, 0.717) is 12.3 Å². The molecule has 0 fully saturated rings. The minimum Gasteiger partial charge on any atom is -0.496 e. The van der Waals surface area contributed by atoms with Gasteiger partial charge in [0.2, 0.25) is 0 Å². The van der Waals surface area contributed by atoms with Crippen LogP contribution in [0.5, 0.6) is 5.75 Å². The third kappa shape index (κ3) is 3.51. The summed E-state index contributed by atoms with van der Waals surface area (Å²) in [6.45, 7) is 0.557. The van der Waals surface area contributed by atoms with E-state index in [9.17, 15) is 9.18 Å². The maximum absolute atomic E-state index is 12.9. The molecule has 21 heavy (non-hydrogen) atoms. The highest BCUT2D eigenvalue weighted by molar-refractivity contribution is 5.91. The summed E-state index contributed by atoms with van der Waals surface area (Å²) in [6, 6.07) is 11.2. The lowest BCUT2D eigenvalue weighted by Crippen LogP contribution is -2.16. The summed E-state index contributed by atoms with van der Waals surface area (Å²) in [6.07, 6.45) is 0. The number of rotatable bonds is 5. The van der Waals surface area contributed by atoms with E-state index in [2.05, 4.69) is 0 Å². The summed E-state index contributed by atoms with van der Waals surface area (Å²) in [7, 11) is 3.32. The number of carboxylic acids is 1. The second-order valence-corrected chi connectivity index (χ2v) is 4.67. The zero-order chi connectivity index (χ0) is 15.4. The summed E-state index contributed by atoms with van der Waals surface area (Å²) in [5, 5.41) is 9.05. The second kappa shape index (κ2) is 6.26. The monoisotopic (exact) mass is 289 g/mol. The van der Waals surface area contributed by atoms with Crippen molar-refractivity contribution in [1.29, 1.82) is 0 Å².